The summed E-state index contributed by atoms with van der Waals surface area (Å²) in [6, 6.07) is 0.457. The standard InChI is InChI=1S/C15H30N2O3/c1-4-17(5-2)10-6-7-12(3)16-11-13-8-9-14(20-13)15(18)19/h12-14,16H,4-11H2,1-3H3,(H,18,19). The van der Waals surface area contributed by atoms with E-state index in [-0.39, 0.29) is 6.10 Å². The summed E-state index contributed by atoms with van der Waals surface area (Å²) < 4.78 is 5.48. The first-order valence-electron chi connectivity index (χ1n) is 7.90. The van der Waals surface area contributed by atoms with Crippen LogP contribution in [0.3, 0.4) is 0 Å². The van der Waals surface area contributed by atoms with Gasteiger partial charge in [0, 0.05) is 12.6 Å². The minimum atomic E-state index is -0.834. The van der Waals surface area contributed by atoms with E-state index < -0.39 is 12.1 Å². The summed E-state index contributed by atoms with van der Waals surface area (Å²) in [6.07, 6.45) is 3.28. The number of ether oxygens (including phenoxy) is 1. The summed E-state index contributed by atoms with van der Waals surface area (Å²) in [6.45, 7) is 10.7. The van der Waals surface area contributed by atoms with Crippen LogP contribution in [-0.2, 0) is 9.53 Å². The highest BCUT2D eigenvalue weighted by molar-refractivity contribution is 5.72. The van der Waals surface area contributed by atoms with Crippen LogP contribution in [0, 0.1) is 0 Å². The second kappa shape index (κ2) is 9.32. The van der Waals surface area contributed by atoms with Crippen LogP contribution >= 0.6 is 0 Å². The topological polar surface area (TPSA) is 61.8 Å². The molecule has 0 radical (unpaired) electrons. The molecule has 1 fully saturated rings. The number of aliphatic carboxylic acids is 1. The zero-order chi connectivity index (χ0) is 15.0. The fourth-order valence-corrected chi connectivity index (χ4v) is 2.63. The van der Waals surface area contributed by atoms with Crippen molar-refractivity contribution >= 4 is 5.97 Å². The van der Waals surface area contributed by atoms with Gasteiger partial charge in [0.05, 0.1) is 6.10 Å². The molecular formula is C15H30N2O3. The van der Waals surface area contributed by atoms with E-state index >= 15 is 0 Å². The molecule has 5 heteroatoms. The number of carboxylic acid groups (broad SMARTS) is 1. The molecule has 2 N–H and O–H groups in total. The van der Waals surface area contributed by atoms with Gasteiger partial charge in [-0.25, -0.2) is 4.79 Å². The van der Waals surface area contributed by atoms with Crippen molar-refractivity contribution in [1.29, 1.82) is 0 Å². The number of hydrogen-bond donors (Lipinski definition) is 2. The van der Waals surface area contributed by atoms with Crippen molar-refractivity contribution in [2.45, 2.75) is 64.7 Å². The Morgan fingerprint density at radius 3 is 2.65 bits per heavy atom. The van der Waals surface area contributed by atoms with Crippen LogP contribution in [0.25, 0.3) is 0 Å². The van der Waals surface area contributed by atoms with Gasteiger partial charge in [0.1, 0.15) is 0 Å². The Morgan fingerprint density at radius 1 is 1.40 bits per heavy atom. The number of nitrogens with zero attached hydrogens (tertiary/aromatic N) is 1. The van der Waals surface area contributed by atoms with Crippen LogP contribution in [0.4, 0.5) is 0 Å². The summed E-state index contributed by atoms with van der Waals surface area (Å²) in [7, 11) is 0. The van der Waals surface area contributed by atoms with Crippen molar-refractivity contribution in [1.82, 2.24) is 10.2 Å². The van der Waals surface area contributed by atoms with E-state index in [1.165, 1.54) is 6.42 Å². The zero-order valence-corrected chi connectivity index (χ0v) is 13.1. The molecule has 0 spiro atoms. The number of carbonyl (C=O) groups is 1. The highest BCUT2D eigenvalue weighted by Crippen LogP contribution is 2.19. The van der Waals surface area contributed by atoms with Crippen molar-refractivity contribution in [3.8, 4) is 0 Å². The van der Waals surface area contributed by atoms with Gasteiger partial charge in [-0.2, -0.15) is 0 Å². The minimum Gasteiger partial charge on any atom is -0.479 e. The van der Waals surface area contributed by atoms with Crippen LogP contribution in [0.15, 0.2) is 0 Å². The van der Waals surface area contributed by atoms with Gasteiger partial charge >= 0.3 is 5.97 Å². The fourth-order valence-electron chi connectivity index (χ4n) is 2.63. The van der Waals surface area contributed by atoms with Crippen LogP contribution in [-0.4, -0.2) is 60.4 Å². The molecule has 1 aliphatic heterocycles. The summed E-state index contributed by atoms with van der Waals surface area (Å²) in [5, 5.41) is 12.3. The molecule has 1 aliphatic rings. The summed E-state index contributed by atoms with van der Waals surface area (Å²) >= 11 is 0. The maximum atomic E-state index is 10.8. The molecule has 5 nitrogen and oxygen atoms in total. The molecule has 118 valence electrons. The summed E-state index contributed by atoms with van der Waals surface area (Å²) in [5.41, 5.74) is 0. The lowest BCUT2D eigenvalue weighted by Gasteiger charge is -2.21. The van der Waals surface area contributed by atoms with E-state index in [9.17, 15) is 4.79 Å². The van der Waals surface area contributed by atoms with E-state index in [2.05, 4.69) is 31.0 Å². The van der Waals surface area contributed by atoms with E-state index in [4.69, 9.17) is 9.84 Å². The Labute approximate surface area is 122 Å². The second-order valence-electron chi connectivity index (χ2n) is 5.64. The maximum Gasteiger partial charge on any atom is 0.332 e. The van der Waals surface area contributed by atoms with E-state index in [0.717, 1.165) is 39.0 Å². The van der Waals surface area contributed by atoms with E-state index in [0.29, 0.717) is 12.5 Å². The number of rotatable bonds is 10. The first-order chi connectivity index (χ1) is 9.56. The second-order valence-corrected chi connectivity index (χ2v) is 5.64. The van der Waals surface area contributed by atoms with Gasteiger partial charge in [-0.1, -0.05) is 13.8 Å². The van der Waals surface area contributed by atoms with E-state index in [1.807, 2.05) is 0 Å². The van der Waals surface area contributed by atoms with Crippen LogP contribution < -0.4 is 5.32 Å². The maximum absolute atomic E-state index is 10.8. The van der Waals surface area contributed by atoms with Crippen molar-refractivity contribution in [2.75, 3.05) is 26.2 Å². The normalized spacial score (nSPS) is 24.2. The van der Waals surface area contributed by atoms with Gasteiger partial charge in [0.2, 0.25) is 0 Å². The molecule has 3 unspecified atom stereocenters. The first kappa shape index (κ1) is 17.4. The Kier molecular flexibility index (Phi) is 8.11. The molecule has 0 aromatic rings. The molecule has 0 aromatic carbocycles. The van der Waals surface area contributed by atoms with Crippen LogP contribution in [0.5, 0.6) is 0 Å². The zero-order valence-electron chi connectivity index (χ0n) is 13.1. The third-order valence-electron chi connectivity index (χ3n) is 4.08. The Morgan fingerprint density at radius 2 is 2.10 bits per heavy atom. The highest BCUT2D eigenvalue weighted by atomic mass is 16.5. The Hall–Kier alpha value is -0.650. The van der Waals surface area contributed by atoms with Crippen molar-refractivity contribution in [2.24, 2.45) is 0 Å². The lowest BCUT2D eigenvalue weighted by molar-refractivity contribution is -0.149. The van der Waals surface area contributed by atoms with Crippen molar-refractivity contribution in [3.63, 3.8) is 0 Å². The van der Waals surface area contributed by atoms with Crippen molar-refractivity contribution in [3.05, 3.63) is 0 Å². The Balaban J connectivity index is 2.08. The lowest BCUT2D eigenvalue weighted by Crippen LogP contribution is -2.35. The monoisotopic (exact) mass is 286 g/mol. The number of hydrogen-bond acceptors (Lipinski definition) is 4. The molecule has 1 saturated heterocycles. The average molecular weight is 286 g/mol. The van der Waals surface area contributed by atoms with Gasteiger partial charge in [0.25, 0.3) is 0 Å². The molecule has 1 rings (SSSR count). The minimum absolute atomic E-state index is 0.0568. The van der Waals surface area contributed by atoms with Gasteiger partial charge in [-0.15, -0.1) is 0 Å². The van der Waals surface area contributed by atoms with Gasteiger partial charge in [-0.05, 0) is 52.2 Å². The van der Waals surface area contributed by atoms with E-state index in [1.54, 1.807) is 0 Å². The molecule has 1 heterocycles. The lowest BCUT2D eigenvalue weighted by atomic mass is 10.1. The largest absolute Gasteiger partial charge is 0.479 e. The van der Waals surface area contributed by atoms with Crippen LogP contribution in [0.2, 0.25) is 0 Å². The fraction of sp³-hybridized carbons (Fsp3) is 0.933. The highest BCUT2D eigenvalue weighted by Gasteiger charge is 2.30. The molecule has 0 aromatic heterocycles. The average Bonchev–Trinajstić information content (AvgIpc) is 2.90. The molecule has 20 heavy (non-hydrogen) atoms. The van der Waals surface area contributed by atoms with Gasteiger partial charge in [0.15, 0.2) is 6.10 Å². The molecule has 0 saturated carbocycles. The molecule has 3 atom stereocenters. The van der Waals surface area contributed by atoms with Crippen LogP contribution in [0.1, 0.15) is 46.5 Å². The van der Waals surface area contributed by atoms with Gasteiger partial charge < -0.3 is 20.1 Å². The summed E-state index contributed by atoms with van der Waals surface area (Å²) in [5.74, 6) is -0.834. The molecular weight excluding hydrogens is 256 g/mol. The van der Waals surface area contributed by atoms with Gasteiger partial charge in [-0.3, -0.25) is 0 Å². The first-order valence-corrected chi connectivity index (χ1v) is 7.90. The third-order valence-corrected chi connectivity index (χ3v) is 4.08. The quantitative estimate of drug-likeness (QED) is 0.640. The third kappa shape index (κ3) is 6.20. The predicted octanol–water partition coefficient (Wildman–Crippen LogP) is 1.72. The SMILES string of the molecule is CCN(CC)CCCC(C)NCC1CCC(C(=O)O)O1. The molecule has 0 amide bonds. The predicted molar refractivity (Wildman–Crippen MR) is 80.0 cm³/mol. The number of carboxylic acids is 1. The summed E-state index contributed by atoms with van der Waals surface area (Å²) in [4.78, 5) is 13.2. The number of nitrogens with one attached hydrogen (secondary N) is 1. The molecule has 0 aliphatic carbocycles. The Bertz CT molecular complexity index is 282. The smallest absolute Gasteiger partial charge is 0.332 e. The molecule has 0 bridgehead atoms. The van der Waals surface area contributed by atoms with Crippen molar-refractivity contribution < 1.29 is 14.6 Å².